The first-order valence-corrected chi connectivity index (χ1v) is 6.78. The lowest BCUT2D eigenvalue weighted by Crippen LogP contribution is -2.41. The number of carbonyl (C=O) groups excluding carboxylic acids is 1. The Bertz CT molecular complexity index is 418. The van der Waals surface area contributed by atoms with E-state index in [0.29, 0.717) is 17.5 Å². The number of benzene rings is 1. The zero-order valence-electron chi connectivity index (χ0n) is 10.5. The van der Waals surface area contributed by atoms with E-state index < -0.39 is 0 Å². The smallest absolute Gasteiger partial charge is 0.328 e. The van der Waals surface area contributed by atoms with Gasteiger partial charge in [-0.2, -0.15) is 0 Å². The van der Waals surface area contributed by atoms with E-state index in [4.69, 9.17) is 16.3 Å². The molecule has 0 spiro atoms. The molecular weight excluding hydrogens is 250 g/mol. The largest absolute Gasteiger partial charge is 0.464 e. The highest BCUT2D eigenvalue weighted by Gasteiger charge is 2.33. The topological polar surface area (TPSA) is 38.3 Å². The molecule has 0 radical (unpaired) electrons. The Morgan fingerprint density at radius 2 is 2.22 bits per heavy atom. The summed E-state index contributed by atoms with van der Waals surface area (Å²) in [5, 5.41) is 3.86. The second kappa shape index (κ2) is 6.10. The first-order chi connectivity index (χ1) is 8.72. The van der Waals surface area contributed by atoms with Gasteiger partial charge in [0.15, 0.2) is 0 Å². The molecule has 1 aromatic carbocycles. The maximum Gasteiger partial charge on any atom is 0.328 e. The molecule has 0 aromatic heterocycles. The fourth-order valence-electron chi connectivity index (χ4n) is 2.12. The SMILES string of the molecule is CCOC(=O)C(Nc1ccccc1Cl)C1CCC1. The van der Waals surface area contributed by atoms with Crippen molar-refractivity contribution >= 4 is 23.3 Å². The summed E-state index contributed by atoms with van der Waals surface area (Å²) in [5.74, 6) is 0.183. The number of hydrogen-bond acceptors (Lipinski definition) is 3. The molecule has 1 saturated carbocycles. The second-order valence-electron chi connectivity index (χ2n) is 4.54. The molecule has 0 aliphatic heterocycles. The van der Waals surface area contributed by atoms with E-state index in [9.17, 15) is 4.79 Å². The van der Waals surface area contributed by atoms with Crippen LogP contribution in [0.15, 0.2) is 24.3 Å². The zero-order chi connectivity index (χ0) is 13.0. The van der Waals surface area contributed by atoms with Crippen molar-refractivity contribution in [1.82, 2.24) is 0 Å². The highest BCUT2D eigenvalue weighted by molar-refractivity contribution is 6.33. The van der Waals surface area contributed by atoms with Gasteiger partial charge in [-0.15, -0.1) is 0 Å². The molecule has 3 nitrogen and oxygen atoms in total. The zero-order valence-corrected chi connectivity index (χ0v) is 11.2. The van der Waals surface area contributed by atoms with Crippen molar-refractivity contribution in [2.24, 2.45) is 5.92 Å². The molecule has 1 fully saturated rings. The summed E-state index contributed by atoms with van der Waals surface area (Å²) >= 11 is 6.10. The molecule has 1 aliphatic rings. The van der Waals surface area contributed by atoms with Gasteiger partial charge in [0.2, 0.25) is 0 Å². The van der Waals surface area contributed by atoms with E-state index in [1.54, 1.807) is 0 Å². The number of carbonyl (C=O) groups is 1. The van der Waals surface area contributed by atoms with Crippen molar-refractivity contribution in [1.29, 1.82) is 0 Å². The average molecular weight is 268 g/mol. The predicted octanol–water partition coefficient (Wildman–Crippen LogP) is 3.48. The molecule has 2 rings (SSSR count). The minimum Gasteiger partial charge on any atom is -0.464 e. The molecule has 0 amide bonds. The van der Waals surface area contributed by atoms with Gasteiger partial charge in [0.25, 0.3) is 0 Å². The molecule has 4 heteroatoms. The van der Waals surface area contributed by atoms with Crippen molar-refractivity contribution in [3.05, 3.63) is 29.3 Å². The summed E-state index contributed by atoms with van der Waals surface area (Å²) < 4.78 is 5.13. The third-order valence-corrected chi connectivity index (χ3v) is 3.68. The Labute approximate surface area is 112 Å². The van der Waals surface area contributed by atoms with Crippen LogP contribution in [0.5, 0.6) is 0 Å². The van der Waals surface area contributed by atoms with Crippen molar-refractivity contribution in [2.75, 3.05) is 11.9 Å². The second-order valence-corrected chi connectivity index (χ2v) is 4.95. The standard InChI is InChI=1S/C14H18ClNO2/c1-2-18-14(17)13(10-6-5-7-10)16-12-9-4-3-8-11(12)15/h3-4,8-10,13,16H,2,5-7H2,1H3. The molecule has 0 heterocycles. The lowest BCUT2D eigenvalue weighted by Gasteiger charge is -2.33. The van der Waals surface area contributed by atoms with Crippen LogP contribution >= 0.6 is 11.6 Å². The summed E-state index contributed by atoms with van der Waals surface area (Å²) in [5.41, 5.74) is 0.795. The number of halogens is 1. The number of hydrogen-bond donors (Lipinski definition) is 1. The van der Waals surface area contributed by atoms with Crippen LogP contribution in [-0.4, -0.2) is 18.6 Å². The highest BCUT2D eigenvalue weighted by Crippen LogP contribution is 2.33. The van der Waals surface area contributed by atoms with Gasteiger partial charge in [-0.05, 0) is 37.8 Å². The first kappa shape index (κ1) is 13.2. The van der Waals surface area contributed by atoms with E-state index in [1.165, 1.54) is 6.42 Å². The average Bonchev–Trinajstić information content (AvgIpc) is 2.29. The summed E-state index contributed by atoms with van der Waals surface area (Å²) in [7, 11) is 0. The van der Waals surface area contributed by atoms with E-state index >= 15 is 0 Å². The lowest BCUT2D eigenvalue weighted by molar-refractivity contribution is -0.146. The number of esters is 1. The Kier molecular flexibility index (Phi) is 4.48. The quantitative estimate of drug-likeness (QED) is 0.830. The van der Waals surface area contributed by atoms with Gasteiger partial charge in [0.05, 0.1) is 17.3 Å². The molecule has 1 atom stereocenters. The van der Waals surface area contributed by atoms with Gasteiger partial charge >= 0.3 is 5.97 Å². The normalized spacial score (nSPS) is 16.8. The minimum absolute atomic E-state index is 0.179. The molecule has 1 unspecified atom stereocenters. The molecule has 18 heavy (non-hydrogen) atoms. The minimum atomic E-state index is -0.279. The van der Waals surface area contributed by atoms with E-state index in [1.807, 2.05) is 31.2 Å². The van der Waals surface area contributed by atoms with Gasteiger partial charge in [-0.1, -0.05) is 30.2 Å². The first-order valence-electron chi connectivity index (χ1n) is 6.40. The van der Waals surface area contributed by atoms with Crippen LogP contribution in [0.3, 0.4) is 0 Å². The Morgan fingerprint density at radius 1 is 1.50 bits per heavy atom. The Morgan fingerprint density at radius 3 is 2.78 bits per heavy atom. The van der Waals surface area contributed by atoms with Crippen LogP contribution in [0.1, 0.15) is 26.2 Å². The van der Waals surface area contributed by atoms with Gasteiger partial charge in [0.1, 0.15) is 6.04 Å². The van der Waals surface area contributed by atoms with Gasteiger partial charge in [-0.25, -0.2) is 4.79 Å². The van der Waals surface area contributed by atoms with Gasteiger partial charge in [0, 0.05) is 0 Å². The van der Waals surface area contributed by atoms with Gasteiger partial charge in [-0.3, -0.25) is 0 Å². The summed E-state index contributed by atoms with van der Waals surface area (Å²) in [6.45, 7) is 2.23. The van der Waals surface area contributed by atoms with Crippen molar-refractivity contribution in [2.45, 2.75) is 32.2 Å². The molecule has 98 valence electrons. The van der Waals surface area contributed by atoms with Gasteiger partial charge < -0.3 is 10.1 Å². The number of nitrogens with one attached hydrogen (secondary N) is 1. The number of ether oxygens (including phenoxy) is 1. The highest BCUT2D eigenvalue weighted by atomic mass is 35.5. The van der Waals surface area contributed by atoms with E-state index in [2.05, 4.69) is 5.32 Å². The monoisotopic (exact) mass is 267 g/mol. The van der Waals surface area contributed by atoms with Crippen LogP contribution in [0, 0.1) is 5.92 Å². The fraction of sp³-hybridized carbons (Fsp3) is 0.500. The molecule has 0 saturated heterocycles. The third kappa shape index (κ3) is 2.96. The number of para-hydroxylation sites is 1. The summed E-state index contributed by atoms with van der Waals surface area (Å²) in [6.07, 6.45) is 3.33. The summed E-state index contributed by atoms with van der Waals surface area (Å²) in [6, 6.07) is 7.19. The maximum absolute atomic E-state index is 12.0. The van der Waals surface area contributed by atoms with E-state index in [-0.39, 0.29) is 12.0 Å². The van der Waals surface area contributed by atoms with Crippen LogP contribution in [0.25, 0.3) is 0 Å². The van der Waals surface area contributed by atoms with E-state index in [0.717, 1.165) is 18.5 Å². The van der Waals surface area contributed by atoms with Crippen LogP contribution < -0.4 is 5.32 Å². The number of rotatable bonds is 5. The fourth-order valence-corrected chi connectivity index (χ4v) is 2.31. The molecular formula is C14H18ClNO2. The molecule has 1 N–H and O–H groups in total. The van der Waals surface area contributed by atoms with Crippen molar-refractivity contribution < 1.29 is 9.53 Å². The van der Waals surface area contributed by atoms with Crippen LogP contribution in [0.4, 0.5) is 5.69 Å². The molecule has 0 bridgehead atoms. The lowest BCUT2D eigenvalue weighted by atomic mass is 9.79. The number of anilines is 1. The molecule has 1 aromatic rings. The maximum atomic E-state index is 12.0. The van der Waals surface area contributed by atoms with Crippen LogP contribution in [0.2, 0.25) is 5.02 Å². The Hall–Kier alpha value is -1.22. The third-order valence-electron chi connectivity index (χ3n) is 3.35. The van der Waals surface area contributed by atoms with Crippen molar-refractivity contribution in [3.63, 3.8) is 0 Å². The summed E-state index contributed by atoms with van der Waals surface area (Å²) in [4.78, 5) is 12.0. The molecule has 1 aliphatic carbocycles. The predicted molar refractivity (Wildman–Crippen MR) is 72.8 cm³/mol. The van der Waals surface area contributed by atoms with Crippen LogP contribution in [-0.2, 0) is 9.53 Å². The Balaban J connectivity index is 2.09. The van der Waals surface area contributed by atoms with Crippen molar-refractivity contribution in [3.8, 4) is 0 Å².